The molecular formula is C17H18F3N3O. The number of hydrogen-bond acceptors (Lipinski definition) is 3. The minimum Gasteiger partial charge on any atom is -0.352 e. The molecule has 0 saturated heterocycles. The fraction of sp³-hybridized carbons (Fsp3) is 0.294. The summed E-state index contributed by atoms with van der Waals surface area (Å²) in [5.41, 5.74) is 0.359. The molecule has 24 heavy (non-hydrogen) atoms. The molecule has 2 rings (SSSR count). The fourth-order valence-electron chi connectivity index (χ4n) is 2.05. The molecule has 0 radical (unpaired) electrons. The van der Waals surface area contributed by atoms with Crippen LogP contribution in [0.2, 0.25) is 0 Å². The number of aromatic nitrogens is 1. The second-order valence-electron chi connectivity index (χ2n) is 5.24. The van der Waals surface area contributed by atoms with E-state index in [1.54, 1.807) is 0 Å². The van der Waals surface area contributed by atoms with E-state index in [4.69, 9.17) is 0 Å². The highest BCUT2D eigenvalue weighted by Crippen LogP contribution is 2.23. The lowest BCUT2D eigenvalue weighted by Gasteiger charge is -2.09. The summed E-state index contributed by atoms with van der Waals surface area (Å²) in [4.78, 5) is 15.8. The summed E-state index contributed by atoms with van der Waals surface area (Å²) >= 11 is 0. The van der Waals surface area contributed by atoms with Gasteiger partial charge in [-0.15, -0.1) is 0 Å². The molecule has 0 spiro atoms. The van der Waals surface area contributed by atoms with Gasteiger partial charge in [0, 0.05) is 6.54 Å². The van der Waals surface area contributed by atoms with Crippen LogP contribution in [0.1, 0.15) is 36.7 Å². The van der Waals surface area contributed by atoms with Gasteiger partial charge in [0.1, 0.15) is 5.69 Å². The molecule has 0 fully saturated rings. The van der Waals surface area contributed by atoms with Gasteiger partial charge in [0.15, 0.2) is 17.5 Å². The Morgan fingerprint density at radius 2 is 1.88 bits per heavy atom. The van der Waals surface area contributed by atoms with Crippen LogP contribution >= 0.6 is 0 Å². The average Bonchev–Trinajstić information content (AvgIpc) is 2.59. The van der Waals surface area contributed by atoms with Gasteiger partial charge in [-0.2, -0.15) is 0 Å². The van der Waals surface area contributed by atoms with Crippen molar-refractivity contribution < 1.29 is 18.0 Å². The van der Waals surface area contributed by atoms with Crippen LogP contribution in [-0.2, 0) is 0 Å². The Morgan fingerprint density at radius 1 is 1.08 bits per heavy atom. The van der Waals surface area contributed by atoms with E-state index in [1.165, 1.54) is 18.3 Å². The lowest BCUT2D eigenvalue weighted by molar-refractivity contribution is 0.0948. The van der Waals surface area contributed by atoms with Crippen LogP contribution in [0, 0.1) is 17.5 Å². The molecule has 0 bridgehead atoms. The van der Waals surface area contributed by atoms with Crippen LogP contribution in [-0.4, -0.2) is 17.4 Å². The molecule has 4 nitrogen and oxygen atoms in total. The van der Waals surface area contributed by atoms with Crippen molar-refractivity contribution in [2.45, 2.75) is 26.2 Å². The van der Waals surface area contributed by atoms with Crippen LogP contribution in [0.4, 0.5) is 24.5 Å². The Kier molecular flexibility index (Phi) is 6.17. The number of amides is 1. The second-order valence-corrected chi connectivity index (χ2v) is 5.24. The lowest BCUT2D eigenvalue weighted by Crippen LogP contribution is -2.25. The molecule has 0 aliphatic heterocycles. The molecule has 0 unspecified atom stereocenters. The van der Waals surface area contributed by atoms with Crippen molar-refractivity contribution in [1.29, 1.82) is 0 Å². The van der Waals surface area contributed by atoms with Crippen molar-refractivity contribution in [1.82, 2.24) is 10.3 Å². The Hall–Kier alpha value is -2.57. The minimum absolute atomic E-state index is 0.215. The number of unbranched alkanes of at least 4 members (excludes halogenated alkanes) is 2. The van der Waals surface area contributed by atoms with Crippen molar-refractivity contribution in [3.63, 3.8) is 0 Å². The van der Waals surface area contributed by atoms with E-state index in [0.717, 1.165) is 31.4 Å². The molecule has 128 valence electrons. The Labute approximate surface area is 138 Å². The third-order valence-electron chi connectivity index (χ3n) is 3.38. The minimum atomic E-state index is -1.55. The van der Waals surface area contributed by atoms with Crippen LogP contribution in [0.3, 0.4) is 0 Å². The number of carbonyl (C=O) groups excluding carboxylic acids is 1. The third kappa shape index (κ3) is 4.47. The number of halogens is 3. The number of rotatable bonds is 7. The maximum Gasteiger partial charge on any atom is 0.269 e. The molecule has 0 aliphatic carbocycles. The van der Waals surface area contributed by atoms with E-state index in [9.17, 15) is 18.0 Å². The summed E-state index contributed by atoms with van der Waals surface area (Å²) < 4.78 is 39.7. The summed E-state index contributed by atoms with van der Waals surface area (Å²) in [5, 5.41) is 5.34. The fourth-order valence-corrected chi connectivity index (χ4v) is 2.05. The summed E-state index contributed by atoms with van der Waals surface area (Å²) in [6, 6.07) is 4.89. The first-order valence-corrected chi connectivity index (χ1v) is 7.67. The summed E-state index contributed by atoms with van der Waals surface area (Å²) in [7, 11) is 0. The highest BCUT2D eigenvalue weighted by molar-refractivity contribution is 5.92. The smallest absolute Gasteiger partial charge is 0.269 e. The molecule has 7 heteroatoms. The van der Waals surface area contributed by atoms with Gasteiger partial charge in [-0.1, -0.05) is 19.8 Å². The van der Waals surface area contributed by atoms with Crippen molar-refractivity contribution >= 4 is 17.3 Å². The zero-order valence-electron chi connectivity index (χ0n) is 13.2. The van der Waals surface area contributed by atoms with Crippen LogP contribution < -0.4 is 10.6 Å². The zero-order chi connectivity index (χ0) is 17.5. The van der Waals surface area contributed by atoms with Crippen LogP contribution in [0.25, 0.3) is 0 Å². The largest absolute Gasteiger partial charge is 0.352 e. The first-order chi connectivity index (χ1) is 11.5. The summed E-state index contributed by atoms with van der Waals surface area (Å²) in [6.07, 6.45) is 4.32. The predicted octanol–water partition coefficient (Wildman–Crippen LogP) is 4.16. The molecule has 0 atom stereocenters. The number of nitrogens with one attached hydrogen (secondary N) is 2. The first-order valence-electron chi connectivity index (χ1n) is 7.67. The highest BCUT2D eigenvalue weighted by Gasteiger charge is 2.14. The predicted molar refractivity (Wildman–Crippen MR) is 85.7 cm³/mol. The van der Waals surface area contributed by atoms with Gasteiger partial charge < -0.3 is 10.6 Å². The molecule has 1 aromatic heterocycles. The van der Waals surface area contributed by atoms with Gasteiger partial charge in [0.25, 0.3) is 5.91 Å². The van der Waals surface area contributed by atoms with Crippen molar-refractivity contribution in [2.24, 2.45) is 0 Å². The number of pyridine rings is 1. The zero-order valence-corrected chi connectivity index (χ0v) is 13.2. The van der Waals surface area contributed by atoms with Crippen molar-refractivity contribution in [3.05, 3.63) is 53.6 Å². The van der Waals surface area contributed by atoms with E-state index < -0.39 is 17.5 Å². The summed E-state index contributed by atoms with van der Waals surface area (Å²) in [5.74, 6) is -4.41. The maximum absolute atomic E-state index is 13.6. The molecule has 1 aromatic carbocycles. The monoisotopic (exact) mass is 337 g/mol. The summed E-state index contributed by atoms with van der Waals surface area (Å²) in [6.45, 7) is 2.65. The van der Waals surface area contributed by atoms with E-state index in [2.05, 4.69) is 22.5 Å². The third-order valence-corrected chi connectivity index (χ3v) is 3.38. The highest BCUT2D eigenvalue weighted by atomic mass is 19.2. The maximum atomic E-state index is 13.6. The molecular weight excluding hydrogens is 319 g/mol. The van der Waals surface area contributed by atoms with E-state index in [1.807, 2.05) is 0 Å². The topological polar surface area (TPSA) is 54.0 Å². The van der Waals surface area contributed by atoms with Gasteiger partial charge in [-0.25, -0.2) is 18.2 Å². The molecule has 1 amide bonds. The first kappa shape index (κ1) is 17.8. The number of carbonyl (C=O) groups is 1. The molecule has 1 heterocycles. The Balaban J connectivity index is 1.99. The number of anilines is 2. The van der Waals surface area contributed by atoms with Crippen LogP contribution in [0.15, 0.2) is 30.5 Å². The Morgan fingerprint density at radius 3 is 2.54 bits per heavy atom. The normalized spacial score (nSPS) is 10.5. The van der Waals surface area contributed by atoms with Crippen molar-refractivity contribution in [2.75, 3.05) is 11.9 Å². The quantitative estimate of drug-likeness (QED) is 0.589. The number of nitrogens with zero attached hydrogens (tertiary/aromatic N) is 1. The van der Waals surface area contributed by atoms with E-state index in [0.29, 0.717) is 12.2 Å². The van der Waals surface area contributed by atoms with Gasteiger partial charge in [-0.3, -0.25) is 4.79 Å². The molecule has 2 N–H and O–H groups in total. The van der Waals surface area contributed by atoms with Gasteiger partial charge >= 0.3 is 0 Å². The number of benzene rings is 1. The molecule has 0 aliphatic rings. The van der Waals surface area contributed by atoms with Gasteiger partial charge in [-0.05, 0) is 30.7 Å². The number of hydrogen-bond donors (Lipinski definition) is 2. The molecule has 2 aromatic rings. The Bertz CT molecular complexity index is 705. The SMILES string of the molecule is CCCCCNC(=O)c1ccc(Nc2ccc(F)c(F)c2F)cn1. The van der Waals surface area contributed by atoms with E-state index >= 15 is 0 Å². The van der Waals surface area contributed by atoms with E-state index in [-0.39, 0.29) is 17.3 Å². The van der Waals surface area contributed by atoms with Gasteiger partial charge in [0.2, 0.25) is 0 Å². The molecule has 0 saturated carbocycles. The van der Waals surface area contributed by atoms with Gasteiger partial charge in [0.05, 0.1) is 17.6 Å². The van der Waals surface area contributed by atoms with Crippen molar-refractivity contribution in [3.8, 4) is 0 Å². The van der Waals surface area contributed by atoms with Crippen LogP contribution in [0.5, 0.6) is 0 Å². The average molecular weight is 337 g/mol. The second kappa shape index (κ2) is 8.33. The lowest BCUT2D eigenvalue weighted by atomic mass is 10.2. The standard InChI is InChI=1S/C17H18F3N3O/c1-2-3-4-9-21-17(24)14-7-5-11(10-22-14)23-13-8-6-12(18)15(19)16(13)20/h5-8,10,23H,2-4,9H2,1H3,(H,21,24).